The van der Waals surface area contributed by atoms with Crippen molar-refractivity contribution in [1.82, 2.24) is 4.98 Å². The maximum atomic E-state index is 10.7. The summed E-state index contributed by atoms with van der Waals surface area (Å²) in [6.45, 7) is 1.87. The minimum Gasteiger partial charge on any atom is -0.477 e. The number of anilines is 2. The van der Waals surface area contributed by atoms with Gasteiger partial charge < -0.3 is 10.4 Å². The van der Waals surface area contributed by atoms with Crippen LogP contribution in [0.4, 0.5) is 11.4 Å². The van der Waals surface area contributed by atoms with Gasteiger partial charge in [-0.2, -0.15) is 0 Å². The number of aromatic nitrogens is 1. The highest BCUT2D eigenvalue weighted by molar-refractivity contribution is 6.39. The summed E-state index contributed by atoms with van der Waals surface area (Å²) in [7, 11) is 0. The molecule has 2 N–H and O–H groups in total. The average molecular weight is 297 g/mol. The molecule has 2 aromatic rings. The number of hydrogen-bond acceptors (Lipinski definition) is 3. The second-order valence-corrected chi connectivity index (χ2v) is 4.70. The number of carboxylic acid groups (broad SMARTS) is 1. The summed E-state index contributed by atoms with van der Waals surface area (Å²) in [6.07, 6.45) is 1.42. The maximum Gasteiger partial charge on any atom is 0.354 e. The van der Waals surface area contributed by atoms with Crippen LogP contribution in [0, 0.1) is 6.92 Å². The molecule has 6 heteroatoms. The number of pyridine rings is 1. The van der Waals surface area contributed by atoms with Crippen LogP contribution >= 0.6 is 23.2 Å². The fourth-order valence-electron chi connectivity index (χ4n) is 1.51. The molecule has 4 nitrogen and oxygen atoms in total. The van der Waals surface area contributed by atoms with Crippen LogP contribution in [0.2, 0.25) is 10.0 Å². The summed E-state index contributed by atoms with van der Waals surface area (Å²) in [4.78, 5) is 14.5. The zero-order chi connectivity index (χ0) is 14.0. The number of rotatable bonds is 3. The molecule has 1 aromatic carbocycles. The first-order valence-electron chi connectivity index (χ1n) is 5.40. The van der Waals surface area contributed by atoms with Gasteiger partial charge in [-0.05, 0) is 30.7 Å². The molecule has 0 unspecified atom stereocenters. The van der Waals surface area contributed by atoms with Crippen molar-refractivity contribution in [2.24, 2.45) is 0 Å². The number of aryl methyl sites for hydroxylation is 1. The van der Waals surface area contributed by atoms with Crippen LogP contribution in [0.1, 0.15) is 16.1 Å². The number of nitrogens with one attached hydrogen (secondary N) is 1. The Kier molecular flexibility index (Phi) is 3.93. The van der Waals surface area contributed by atoms with Gasteiger partial charge in [0.05, 0.1) is 27.6 Å². The SMILES string of the molecule is Cc1ccc(Cl)c(Nc2ccc(C(=O)O)nc2)c1Cl. The van der Waals surface area contributed by atoms with Crippen molar-refractivity contribution >= 4 is 40.5 Å². The third-order valence-corrected chi connectivity index (χ3v) is 3.34. The predicted molar refractivity (Wildman–Crippen MR) is 75.7 cm³/mol. The molecule has 0 aliphatic carbocycles. The Morgan fingerprint density at radius 1 is 1.26 bits per heavy atom. The quantitative estimate of drug-likeness (QED) is 0.893. The zero-order valence-electron chi connectivity index (χ0n) is 9.95. The number of carboxylic acids is 1. The third-order valence-electron chi connectivity index (χ3n) is 2.54. The first-order valence-corrected chi connectivity index (χ1v) is 6.15. The summed E-state index contributed by atoms with van der Waals surface area (Å²) in [5, 5.41) is 12.8. The van der Waals surface area contributed by atoms with Crippen molar-refractivity contribution in [3.63, 3.8) is 0 Å². The molecular formula is C13H10Cl2N2O2. The van der Waals surface area contributed by atoms with Gasteiger partial charge in [0.2, 0.25) is 0 Å². The van der Waals surface area contributed by atoms with E-state index in [-0.39, 0.29) is 5.69 Å². The van der Waals surface area contributed by atoms with Gasteiger partial charge in [0.25, 0.3) is 0 Å². The predicted octanol–water partition coefficient (Wildman–Crippen LogP) is 4.14. The highest BCUT2D eigenvalue weighted by Crippen LogP contribution is 2.34. The number of halogens is 2. The molecule has 0 atom stereocenters. The monoisotopic (exact) mass is 296 g/mol. The largest absolute Gasteiger partial charge is 0.477 e. The van der Waals surface area contributed by atoms with Crippen LogP contribution < -0.4 is 5.32 Å². The molecule has 0 aliphatic rings. The van der Waals surface area contributed by atoms with Gasteiger partial charge in [0.15, 0.2) is 0 Å². The smallest absolute Gasteiger partial charge is 0.354 e. The van der Waals surface area contributed by atoms with Crippen molar-refractivity contribution in [1.29, 1.82) is 0 Å². The lowest BCUT2D eigenvalue weighted by Crippen LogP contribution is -2.01. The molecule has 0 fully saturated rings. The molecule has 0 aliphatic heterocycles. The Morgan fingerprint density at radius 2 is 2.00 bits per heavy atom. The first-order chi connectivity index (χ1) is 8.99. The van der Waals surface area contributed by atoms with Gasteiger partial charge in [0, 0.05) is 0 Å². The fourth-order valence-corrected chi connectivity index (χ4v) is 1.98. The Bertz CT molecular complexity index is 627. The van der Waals surface area contributed by atoms with Gasteiger partial charge in [0.1, 0.15) is 5.69 Å². The number of aromatic carboxylic acids is 1. The molecule has 98 valence electrons. The lowest BCUT2D eigenvalue weighted by Gasteiger charge is -2.12. The number of carbonyl (C=O) groups is 1. The molecule has 1 heterocycles. The van der Waals surface area contributed by atoms with E-state index in [0.717, 1.165) is 5.56 Å². The minimum atomic E-state index is -1.07. The van der Waals surface area contributed by atoms with Crippen molar-refractivity contribution < 1.29 is 9.90 Å². The van der Waals surface area contributed by atoms with E-state index in [2.05, 4.69) is 10.3 Å². The van der Waals surface area contributed by atoms with Crippen molar-refractivity contribution in [2.45, 2.75) is 6.92 Å². The second kappa shape index (κ2) is 5.47. The molecule has 0 amide bonds. The van der Waals surface area contributed by atoms with Gasteiger partial charge in [-0.3, -0.25) is 0 Å². The molecule has 0 saturated heterocycles. The van der Waals surface area contributed by atoms with E-state index in [1.165, 1.54) is 12.3 Å². The Morgan fingerprint density at radius 3 is 2.58 bits per heavy atom. The maximum absolute atomic E-state index is 10.7. The molecule has 2 rings (SSSR count). The fraction of sp³-hybridized carbons (Fsp3) is 0.0769. The molecule has 19 heavy (non-hydrogen) atoms. The highest BCUT2D eigenvalue weighted by atomic mass is 35.5. The normalized spacial score (nSPS) is 10.3. The van der Waals surface area contributed by atoms with E-state index >= 15 is 0 Å². The van der Waals surface area contributed by atoms with Gasteiger partial charge in [-0.15, -0.1) is 0 Å². The number of nitrogens with zero attached hydrogens (tertiary/aromatic N) is 1. The molecule has 0 spiro atoms. The van der Waals surface area contributed by atoms with E-state index in [1.54, 1.807) is 12.1 Å². The molecule has 1 aromatic heterocycles. The highest BCUT2D eigenvalue weighted by Gasteiger charge is 2.09. The molecule has 0 saturated carbocycles. The number of benzene rings is 1. The van der Waals surface area contributed by atoms with Crippen molar-refractivity contribution in [3.8, 4) is 0 Å². The minimum absolute atomic E-state index is 0.0213. The van der Waals surface area contributed by atoms with Gasteiger partial charge in [-0.1, -0.05) is 29.3 Å². The summed E-state index contributed by atoms with van der Waals surface area (Å²) in [5.41, 5.74) is 2.06. The summed E-state index contributed by atoms with van der Waals surface area (Å²) in [5.74, 6) is -1.07. The lowest BCUT2D eigenvalue weighted by molar-refractivity contribution is 0.0690. The topological polar surface area (TPSA) is 62.2 Å². The van der Waals surface area contributed by atoms with Crippen LogP contribution in [0.5, 0.6) is 0 Å². The van der Waals surface area contributed by atoms with Gasteiger partial charge >= 0.3 is 5.97 Å². The van der Waals surface area contributed by atoms with Crippen LogP contribution in [0.25, 0.3) is 0 Å². The Labute approximate surface area is 120 Å². The van der Waals surface area contributed by atoms with Crippen LogP contribution in [0.3, 0.4) is 0 Å². The van der Waals surface area contributed by atoms with E-state index in [1.807, 2.05) is 13.0 Å². The van der Waals surface area contributed by atoms with Crippen molar-refractivity contribution in [2.75, 3.05) is 5.32 Å². The lowest BCUT2D eigenvalue weighted by atomic mass is 10.2. The van der Waals surface area contributed by atoms with E-state index < -0.39 is 5.97 Å². The standard InChI is InChI=1S/C13H10Cl2N2O2/c1-7-2-4-9(14)12(11(7)15)17-8-3-5-10(13(18)19)16-6-8/h2-6,17H,1H3,(H,18,19). The zero-order valence-corrected chi connectivity index (χ0v) is 11.5. The van der Waals surface area contributed by atoms with Crippen LogP contribution in [0.15, 0.2) is 30.5 Å². The Balaban J connectivity index is 2.31. The molecular weight excluding hydrogens is 287 g/mol. The third kappa shape index (κ3) is 2.97. The Hall–Kier alpha value is -1.78. The molecule has 0 bridgehead atoms. The summed E-state index contributed by atoms with van der Waals surface area (Å²) in [6, 6.07) is 6.57. The number of hydrogen-bond donors (Lipinski definition) is 2. The van der Waals surface area contributed by atoms with E-state index in [4.69, 9.17) is 28.3 Å². The van der Waals surface area contributed by atoms with Gasteiger partial charge in [-0.25, -0.2) is 9.78 Å². The van der Waals surface area contributed by atoms with Crippen molar-refractivity contribution in [3.05, 3.63) is 51.8 Å². The first kappa shape index (κ1) is 13.6. The average Bonchev–Trinajstić information content (AvgIpc) is 2.40. The summed E-state index contributed by atoms with van der Waals surface area (Å²) < 4.78 is 0. The van der Waals surface area contributed by atoms with Crippen LogP contribution in [-0.2, 0) is 0 Å². The van der Waals surface area contributed by atoms with Crippen LogP contribution in [-0.4, -0.2) is 16.1 Å². The van der Waals surface area contributed by atoms with E-state index in [9.17, 15) is 4.79 Å². The second-order valence-electron chi connectivity index (χ2n) is 3.92. The molecule has 0 radical (unpaired) electrons. The summed E-state index contributed by atoms with van der Waals surface area (Å²) >= 11 is 12.2. The van der Waals surface area contributed by atoms with E-state index in [0.29, 0.717) is 21.4 Å².